The fourth-order valence-electron chi connectivity index (χ4n) is 2.18. The minimum Gasteiger partial charge on any atom is -0.381 e. The number of hydrogen-bond donors (Lipinski definition) is 1. The van der Waals surface area contributed by atoms with Crippen molar-refractivity contribution in [2.24, 2.45) is 5.73 Å². The normalized spacial score (nSPS) is 24.9. The van der Waals surface area contributed by atoms with E-state index in [-0.39, 0.29) is 18.1 Å². The van der Waals surface area contributed by atoms with Crippen LogP contribution in [0.4, 0.5) is 0 Å². The van der Waals surface area contributed by atoms with Crippen molar-refractivity contribution in [3.63, 3.8) is 0 Å². The maximum absolute atomic E-state index is 12.2. The number of carbonyl (C=O) groups is 1. The SMILES string of the molecule is COC1CCN(C(=O)c2cscn2)C(CN)C1. The summed E-state index contributed by atoms with van der Waals surface area (Å²) in [6, 6.07) is 0.0582. The van der Waals surface area contributed by atoms with Crippen molar-refractivity contribution in [2.75, 3.05) is 20.2 Å². The maximum atomic E-state index is 12.2. The summed E-state index contributed by atoms with van der Waals surface area (Å²) in [5, 5.41) is 1.78. The fraction of sp³-hybridized carbons (Fsp3) is 0.636. The molecule has 0 radical (unpaired) electrons. The smallest absolute Gasteiger partial charge is 0.273 e. The van der Waals surface area contributed by atoms with Crippen LogP contribution in [0.1, 0.15) is 23.3 Å². The topological polar surface area (TPSA) is 68.5 Å². The van der Waals surface area contributed by atoms with Crippen LogP contribution in [0.15, 0.2) is 10.9 Å². The van der Waals surface area contributed by atoms with Gasteiger partial charge in [-0.3, -0.25) is 4.79 Å². The largest absolute Gasteiger partial charge is 0.381 e. The molecule has 2 heterocycles. The first-order chi connectivity index (χ1) is 8.26. The van der Waals surface area contributed by atoms with Gasteiger partial charge < -0.3 is 15.4 Å². The summed E-state index contributed by atoms with van der Waals surface area (Å²) in [6.45, 7) is 1.16. The summed E-state index contributed by atoms with van der Waals surface area (Å²) >= 11 is 1.43. The molecule has 1 aromatic rings. The van der Waals surface area contributed by atoms with Gasteiger partial charge in [0, 0.05) is 31.6 Å². The number of carbonyl (C=O) groups excluding carboxylic acids is 1. The molecule has 0 spiro atoms. The van der Waals surface area contributed by atoms with Gasteiger partial charge >= 0.3 is 0 Å². The van der Waals surface area contributed by atoms with Crippen molar-refractivity contribution >= 4 is 17.2 Å². The second kappa shape index (κ2) is 5.57. The van der Waals surface area contributed by atoms with Crippen molar-refractivity contribution in [2.45, 2.75) is 25.0 Å². The lowest BCUT2D eigenvalue weighted by atomic mass is 9.99. The van der Waals surface area contributed by atoms with Crippen LogP contribution in [0.3, 0.4) is 0 Å². The van der Waals surface area contributed by atoms with Crippen LogP contribution in [0, 0.1) is 0 Å². The Bertz CT molecular complexity index is 369. The molecule has 0 saturated carbocycles. The maximum Gasteiger partial charge on any atom is 0.273 e. The second-order valence-electron chi connectivity index (χ2n) is 4.14. The minimum absolute atomic E-state index is 0.0174. The number of amides is 1. The lowest BCUT2D eigenvalue weighted by Gasteiger charge is -2.38. The molecule has 2 N–H and O–H groups in total. The molecule has 2 unspecified atom stereocenters. The standard InChI is InChI=1S/C11H17N3O2S/c1-16-9-2-3-14(8(4-9)5-12)11(15)10-6-17-7-13-10/h6-9H,2-5,12H2,1H3. The Kier molecular flexibility index (Phi) is 4.09. The van der Waals surface area contributed by atoms with Crippen molar-refractivity contribution in [1.82, 2.24) is 9.88 Å². The Morgan fingerprint density at radius 1 is 1.76 bits per heavy atom. The third-order valence-electron chi connectivity index (χ3n) is 3.19. The summed E-state index contributed by atoms with van der Waals surface area (Å²) in [5.74, 6) is -0.0174. The number of ether oxygens (including phenoxy) is 1. The lowest BCUT2D eigenvalue weighted by molar-refractivity contribution is 0.0136. The van der Waals surface area contributed by atoms with E-state index in [1.54, 1.807) is 18.0 Å². The van der Waals surface area contributed by atoms with Gasteiger partial charge in [0.15, 0.2) is 0 Å². The number of aromatic nitrogens is 1. The van der Waals surface area contributed by atoms with Crippen LogP contribution in [-0.4, -0.2) is 48.1 Å². The first-order valence-corrected chi connectivity index (χ1v) is 6.62. The number of piperidine rings is 1. The van der Waals surface area contributed by atoms with E-state index in [0.29, 0.717) is 18.8 Å². The third kappa shape index (κ3) is 2.65. The highest BCUT2D eigenvalue weighted by atomic mass is 32.1. The van der Waals surface area contributed by atoms with Crippen molar-refractivity contribution in [3.05, 3.63) is 16.6 Å². The van der Waals surface area contributed by atoms with Gasteiger partial charge in [0.1, 0.15) is 5.69 Å². The summed E-state index contributed by atoms with van der Waals surface area (Å²) in [7, 11) is 1.70. The molecule has 1 aliphatic heterocycles. The number of nitrogens with two attached hydrogens (primary N) is 1. The van der Waals surface area contributed by atoms with E-state index in [4.69, 9.17) is 10.5 Å². The van der Waals surface area contributed by atoms with E-state index in [0.717, 1.165) is 12.8 Å². The van der Waals surface area contributed by atoms with Crippen molar-refractivity contribution < 1.29 is 9.53 Å². The number of methoxy groups -OCH3 is 1. The van der Waals surface area contributed by atoms with Crippen LogP contribution in [0.2, 0.25) is 0 Å². The molecular weight excluding hydrogens is 238 g/mol. The number of likely N-dealkylation sites (tertiary alicyclic amines) is 1. The molecule has 1 saturated heterocycles. The number of nitrogens with zero attached hydrogens (tertiary/aromatic N) is 2. The molecule has 0 bridgehead atoms. The molecule has 1 fully saturated rings. The van der Waals surface area contributed by atoms with Crippen LogP contribution in [0.5, 0.6) is 0 Å². The molecule has 17 heavy (non-hydrogen) atoms. The zero-order valence-electron chi connectivity index (χ0n) is 9.83. The van der Waals surface area contributed by atoms with Crippen LogP contribution >= 0.6 is 11.3 Å². The number of thiazole rings is 1. The van der Waals surface area contributed by atoms with Crippen molar-refractivity contribution in [1.29, 1.82) is 0 Å². The number of rotatable bonds is 3. The van der Waals surface area contributed by atoms with E-state index in [1.165, 1.54) is 11.3 Å². The summed E-state index contributed by atoms with van der Waals surface area (Å²) in [4.78, 5) is 18.1. The minimum atomic E-state index is -0.0174. The zero-order chi connectivity index (χ0) is 12.3. The predicted molar refractivity (Wildman–Crippen MR) is 66.0 cm³/mol. The van der Waals surface area contributed by atoms with Gasteiger partial charge in [0.2, 0.25) is 0 Å². The van der Waals surface area contributed by atoms with E-state index in [1.807, 2.05) is 4.90 Å². The predicted octanol–water partition coefficient (Wildman–Crippen LogP) is 0.721. The van der Waals surface area contributed by atoms with E-state index in [9.17, 15) is 4.79 Å². The zero-order valence-corrected chi connectivity index (χ0v) is 10.7. The summed E-state index contributed by atoms with van der Waals surface area (Å²) in [5.41, 5.74) is 7.93. The van der Waals surface area contributed by atoms with Crippen LogP contribution < -0.4 is 5.73 Å². The summed E-state index contributed by atoms with van der Waals surface area (Å²) < 4.78 is 5.33. The highest BCUT2D eigenvalue weighted by Gasteiger charge is 2.31. The van der Waals surface area contributed by atoms with Crippen LogP contribution in [0.25, 0.3) is 0 Å². The molecule has 1 aliphatic rings. The average Bonchev–Trinajstić information content (AvgIpc) is 2.91. The molecular formula is C11H17N3O2S. The van der Waals surface area contributed by atoms with E-state index in [2.05, 4.69) is 4.98 Å². The second-order valence-corrected chi connectivity index (χ2v) is 4.86. The Labute approximate surface area is 105 Å². The van der Waals surface area contributed by atoms with Gasteiger partial charge in [0.25, 0.3) is 5.91 Å². The monoisotopic (exact) mass is 255 g/mol. The Hall–Kier alpha value is -0.980. The molecule has 0 aliphatic carbocycles. The highest BCUT2D eigenvalue weighted by Crippen LogP contribution is 2.21. The first kappa shape index (κ1) is 12.5. The molecule has 1 amide bonds. The quantitative estimate of drug-likeness (QED) is 0.864. The molecule has 2 atom stereocenters. The molecule has 2 rings (SSSR count). The first-order valence-electron chi connectivity index (χ1n) is 5.68. The van der Waals surface area contributed by atoms with Gasteiger partial charge in [0.05, 0.1) is 11.6 Å². The molecule has 6 heteroatoms. The Morgan fingerprint density at radius 3 is 3.18 bits per heavy atom. The fourth-order valence-corrected chi connectivity index (χ4v) is 2.71. The van der Waals surface area contributed by atoms with Gasteiger partial charge in [-0.25, -0.2) is 4.98 Å². The molecule has 94 valence electrons. The van der Waals surface area contributed by atoms with Gasteiger partial charge in [-0.2, -0.15) is 0 Å². The Morgan fingerprint density at radius 2 is 2.59 bits per heavy atom. The van der Waals surface area contributed by atoms with Gasteiger partial charge in [-0.1, -0.05) is 0 Å². The number of hydrogen-bond acceptors (Lipinski definition) is 5. The molecule has 0 aromatic carbocycles. The van der Waals surface area contributed by atoms with Gasteiger partial charge in [-0.05, 0) is 12.8 Å². The van der Waals surface area contributed by atoms with Gasteiger partial charge in [-0.15, -0.1) is 11.3 Å². The highest BCUT2D eigenvalue weighted by molar-refractivity contribution is 7.07. The average molecular weight is 255 g/mol. The molecule has 1 aromatic heterocycles. The lowest BCUT2D eigenvalue weighted by Crippen LogP contribution is -2.51. The summed E-state index contributed by atoms with van der Waals surface area (Å²) in [6.07, 6.45) is 1.88. The van der Waals surface area contributed by atoms with E-state index < -0.39 is 0 Å². The van der Waals surface area contributed by atoms with E-state index >= 15 is 0 Å². The van der Waals surface area contributed by atoms with Crippen molar-refractivity contribution in [3.8, 4) is 0 Å². The molecule has 5 nitrogen and oxygen atoms in total. The van der Waals surface area contributed by atoms with Crippen LogP contribution in [-0.2, 0) is 4.74 Å². The Balaban J connectivity index is 2.07. The third-order valence-corrected chi connectivity index (χ3v) is 3.77.